The lowest BCUT2D eigenvalue weighted by molar-refractivity contribution is -0.128. The minimum Gasteiger partial charge on any atom is -0.508 e. The molecule has 6 heteroatoms. The highest BCUT2D eigenvalue weighted by Gasteiger charge is 2.21. The largest absolute Gasteiger partial charge is 0.508 e. The normalized spacial score (nSPS) is 12.8. The van der Waals surface area contributed by atoms with Crippen LogP contribution < -0.4 is 10.6 Å². The van der Waals surface area contributed by atoms with Gasteiger partial charge < -0.3 is 20.8 Å². The number of amides is 2. The van der Waals surface area contributed by atoms with Crippen LogP contribution in [-0.4, -0.2) is 41.2 Å². The number of aromatic hydroxyl groups is 1. The van der Waals surface area contributed by atoms with Crippen LogP contribution in [0.3, 0.4) is 0 Å². The summed E-state index contributed by atoms with van der Waals surface area (Å²) in [6.07, 6.45) is 0.306. The minimum atomic E-state index is -0.729. The molecule has 2 amide bonds. The van der Waals surface area contributed by atoms with Gasteiger partial charge in [0.05, 0.1) is 6.61 Å². The predicted molar refractivity (Wildman–Crippen MR) is 98.7 cm³/mol. The first-order valence-electron chi connectivity index (χ1n) is 8.48. The first-order chi connectivity index (χ1) is 12.5. The van der Waals surface area contributed by atoms with Crippen molar-refractivity contribution in [1.82, 2.24) is 10.6 Å². The predicted octanol–water partition coefficient (Wildman–Crippen LogP) is 1.33. The minimum absolute atomic E-state index is 0.0902. The van der Waals surface area contributed by atoms with E-state index in [1.54, 1.807) is 12.1 Å². The third-order valence-electron chi connectivity index (χ3n) is 4.08. The summed E-state index contributed by atoms with van der Waals surface area (Å²) < 4.78 is 0. The monoisotopic (exact) mass is 356 g/mol. The summed E-state index contributed by atoms with van der Waals surface area (Å²) in [4.78, 5) is 24.0. The highest BCUT2D eigenvalue weighted by Crippen LogP contribution is 2.14. The van der Waals surface area contributed by atoms with Crippen molar-refractivity contribution in [2.24, 2.45) is 0 Å². The van der Waals surface area contributed by atoms with Crippen LogP contribution in [0.1, 0.15) is 24.0 Å². The summed E-state index contributed by atoms with van der Waals surface area (Å²) in [6.45, 7) is 1.54. The van der Waals surface area contributed by atoms with Crippen LogP contribution in [0.4, 0.5) is 0 Å². The van der Waals surface area contributed by atoms with E-state index >= 15 is 0 Å². The van der Waals surface area contributed by atoms with Crippen LogP contribution in [0, 0.1) is 0 Å². The van der Waals surface area contributed by atoms with Crippen LogP contribution >= 0.6 is 0 Å². The SMILES string of the molecule is CC(=O)N[C@@H](Cc1ccc(O)cc1)C(=O)NCC(CO)c1ccccc1. The molecule has 4 N–H and O–H groups in total. The highest BCUT2D eigenvalue weighted by molar-refractivity contribution is 5.87. The van der Waals surface area contributed by atoms with Gasteiger partial charge in [-0.05, 0) is 23.3 Å². The lowest BCUT2D eigenvalue weighted by Gasteiger charge is -2.20. The first kappa shape index (κ1) is 19.5. The molecule has 0 spiro atoms. The molecule has 0 aliphatic heterocycles. The van der Waals surface area contributed by atoms with Gasteiger partial charge in [0, 0.05) is 25.8 Å². The Balaban J connectivity index is 2.01. The molecule has 2 atom stereocenters. The fourth-order valence-electron chi connectivity index (χ4n) is 2.68. The Morgan fingerprint density at radius 3 is 2.27 bits per heavy atom. The summed E-state index contributed by atoms with van der Waals surface area (Å²) >= 11 is 0. The summed E-state index contributed by atoms with van der Waals surface area (Å²) in [7, 11) is 0. The van der Waals surface area contributed by atoms with Gasteiger partial charge in [0.15, 0.2) is 0 Å². The van der Waals surface area contributed by atoms with E-state index in [0.717, 1.165) is 11.1 Å². The Kier molecular flexibility index (Phi) is 7.17. The molecule has 0 saturated carbocycles. The molecule has 138 valence electrons. The van der Waals surface area contributed by atoms with Crippen LogP contribution in [0.25, 0.3) is 0 Å². The van der Waals surface area contributed by atoms with Crippen molar-refractivity contribution in [3.8, 4) is 5.75 Å². The molecule has 0 saturated heterocycles. The second-order valence-electron chi connectivity index (χ2n) is 6.16. The molecule has 2 aromatic rings. The van der Waals surface area contributed by atoms with E-state index in [0.29, 0.717) is 6.42 Å². The van der Waals surface area contributed by atoms with E-state index in [1.807, 2.05) is 30.3 Å². The summed E-state index contributed by atoms with van der Waals surface area (Å²) in [5.74, 6) is -0.692. The van der Waals surface area contributed by atoms with Crippen molar-refractivity contribution in [3.63, 3.8) is 0 Å². The maximum atomic E-state index is 12.5. The highest BCUT2D eigenvalue weighted by atomic mass is 16.3. The number of aliphatic hydroxyl groups is 1. The van der Waals surface area contributed by atoms with Crippen molar-refractivity contribution >= 4 is 11.8 Å². The Morgan fingerprint density at radius 2 is 1.69 bits per heavy atom. The van der Waals surface area contributed by atoms with Crippen molar-refractivity contribution in [2.45, 2.75) is 25.3 Å². The second kappa shape index (κ2) is 9.58. The molecule has 0 radical (unpaired) electrons. The second-order valence-corrected chi connectivity index (χ2v) is 6.16. The zero-order valence-electron chi connectivity index (χ0n) is 14.7. The van der Waals surface area contributed by atoms with Gasteiger partial charge in [-0.3, -0.25) is 9.59 Å². The molecule has 2 aromatic carbocycles. The van der Waals surface area contributed by atoms with E-state index in [4.69, 9.17) is 0 Å². The van der Waals surface area contributed by atoms with E-state index in [1.165, 1.54) is 19.1 Å². The third kappa shape index (κ3) is 5.89. The van der Waals surface area contributed by atoms with Crippen LogP contribution in [0.5, 0.6) is 5.75 Å². The number of rotatable bonds is 8. The summed E-state index contributed by atoms with van der Waals surface area (Å²) in [5.41, 5.74) is 1.75. The van der Waals surface area contributed by atoms with Gasteiger partial charge in [-0.1, -0.05) is 42.5 Å². The fourth-order valence-corrected chi connectivity index (χ4v) is 2.68. The number of hydrogen-bond donors (Lipinski definition) is 4. The van der Waals surface area contributed by atoms with Gasteiger partial charge in [-0.25, -0.2) is 0 Å². The molecule has 0 fully saturated rings. The quantitative estimate of drug-likeness (QED) is 0.573. The molecule has 0 aliphatic rings. The Bertz CT molecular complexity index is 716. The van der Waals surface area contributed by atoms with Gasteiger partial charge in [-0.15, -0.1) is 0 Å². The van der Waals surface area contributed by atoms with Gasteiger partial charge in [0.2, 0.25) is 11.8 Å². The Hall–Kier alpha value is -2.86. The van der Waals surface area contributed by atoms with Crippen LogP contribution in [0.2, 0.25) is 0 Å². The van der Waals surface area contributed by atoms with Crippen LogP contribution in [-0.2, 0) is 16.0 Å². The van der Waals surface area contributed by atoms with Crippen molar-refractivity contribution in [3.05, 3.63) is 65.7 Å². The molecule has 2 rings (SSSR count). The number of hydrogen-bond acceptors (Lipinski definition) is 4. The van der Waals surface area contributed by atoms with E-state index < -0.39 is 6.04 Å². The third-order valence-corrected chi connectivity index (χ3v) is 4.08. The Morgan fingerprint density at radius 1 is 1.04 bits per heavy atom. The molecule has 1 unspecified atom stereocenters. The molecular weight excluding hydrogens is 332 g/mol. The maximum absolute atomic E-state index is 12.5. The molecular formula is C20H24N2O4. The van der Waals surface area contributed by atoms with E-state index in [9.17, 15) is 19.8 Å². The lowest BCUT2D eigenvalue weighted by Crippen LogP contribution is -2.48. The van der Waals surface area contributed by atoms with E-state index in [-0.39, 0.29) is 36.6 Å². The van der Waals surface area contributed by atoms with Crippen LogP contribution in [0.15, 0.2) is 54.6 Å². The Labute approximate surface area is 152 Å². The topological polar surface area (TPSA) is 98.7 Å². The van der Waals surface area contributed by atoms with Crippen molar-refractivity contribution in [2.75, 3.05) is 13.2 Å². The van der Waals surface area contributed by atoms with Gasteiger partial charge >= 0.3 is 0 Å². The number of aliphatic hydroxyl groups excluding tert-OH is 1. The number of phenols is 1. The molecule has 0 bridgehead atoms. The number of carbonyl (C=O) groups excluding carboxylic acids is 2. The van der Waals surface area contributed by atoms with E-state index in [2.05, 4.69) is 10.6 Å². The van der Waals surface area contributed by atoms with Gasteiger partial charge in [0.1, 0.15) is 11.8 Å². The first-order valence-corrected chi connectivity index (χ1v) is 8.48. The fraction of sp³-hybridized carbons (Fsp3) is 0.300. The number of nitrogens with one attached hydrogen (secondary N) is 2. The van der Waals surface area contributed by atoms with Gasteiger partial charge in [-0.2, -0.15) is 0 Å². The zero-order valence-corrected chi connectivity index (χ0v) is 14.7. The average molecular weight is 356 g/mol. The standard InChI is InChI=1S/C20H24N2O4/c1-14(24)22-19(11-15-7-9-18(25)10-8-15)20(26)21-12-17(13-23)16-5-3-2-4-6-16/h2-10,17,19,23,25H,11-13H2,1H3,(H,21,26)(H,22,24)/t17?,19-/m0/s1. The smallest absolute Gasteiger partial charge is 0.242 e. The number of benzene rings is 2. The maximum Gasteiger partial charge on any atom is 0.242 e. The average Bonchev–Trinajstić information content (AvgIpc) is 2.64. The van der Waals surface area contributed by atoms with Crippen molar-refractivity contribution in [1.29, 1.82) is 0 Å². The molecule has 0 aliphatic carbocycles. The number of carbonyl (C=O) groups is 2. The summed E-state index contributed by atoms with van der Waals surface area (Å²) in [6, 6.07) is 15.2. The molecule has 0 heterocycles. The molecule has 26 heavy (non-hydrogen) atoms. The molecule has 0 aromatic heterocycles. The van der Waals surface area contributed by atoms with Gasteiger partial charge in [0.25, 0.3) is 0 Å². The summed E-state index contributed by atoms with van der Waals surface area (Å²) in [5, 5.41) is 24.4. The number of phenolic OH excluding ortho intramolecular Hbond substituents is 1. The zero-order chi connectivity index (χ0) is 18.9. The molecule has 6 nitrogen and oxygen atoms in total. The van der Waals surface area contributed by atoms with Crippen molar-refractivity contribution < 1.29 is 19.8 Å². The lowest BCUT2D eigenvalue weighted by atomic mass is 9.99.